The van der Waals surface area contributed by atoms with Crippen molar-refractivity contribution in [3.05, 3.63) is 23.9 Å². The van der Waals surface area contributed by atoms with Gasteiger partial charge in [-0.05, 0) is 30.9 Å². The molecule has 0 bridgehead atoms. The van der Waals surface area contributed by atoms with Gasteiger partial charge in [0.15, 0.2) is 0 Å². The normalized spacial score (nSPS) is 15.7. The topological polar surface area (TPSA) is 48.4 Å². The molecule has 1 aromatic heterocycles. The summed E-state index contributed by atoms with van der Waals surface area (Å²) in [6.07, 6.45) is 6.74. The van der Waals surface area contributed by atoms with E-state index < -0.39 is 0 Å². The van der Waals surface area contributed by atoms with Crippen molar-refractivity contribution >= 4 is 5.82 Å². The average molecular weight is 249 g/mol. The van der Waals surface area contributed by atoms with E-state index in [1.54, 1.807) is 0 Å². The highest BCUT2D eigenvalue weighted by Gasteiger charge is 2.24. The van der Waals surface area contributed by atoms with Crippen molar-refractivity contribution in [1.29, 1.82) is 0 Å². The first-order valence-electron chi connectivity index (χ1n) is 6.81. The molecule has 100 valence electrons. The van der Waals surface area contributed by atoms with Crippen molar-refractivity contribution in [3.63, 3.8) is 0 Å². The van der Waals surface area contributed by atoms with Crippen LogP contribution >= 0.6 is 0 Å². The van der Waals surface area contributed by atoms with Gasteiger partial charge in [0, 0.05) is 39.0 Å². The van der Waals surface area contributed by atoms with Crippen LogP contribution in [0.3, 0.4) is 0 Å². The fraction of sp³-hybridized carbons (Fsp3) is 0.643. The van der Waals surface area contributed by atoms with Gasteiger partial charge in [0.05, 0.1) is 0 Å². The second-order valence-corrected chi connectivity index (χ2v) is 4.93. The molecule has 1 saturated carbocycles. The van der Waals surface area contributed by atoms with Crippen molar-refractivity contribution in [1.82, 2.24) is 9.88 Å². The van der Waals surface area contributed by atoms with Crippen LogP contribution in [0.1, 0.15) is 31.2 Å². The molecule has 0 amide bonds. The number of aromatic nitrogens is 1. The van der Waals surface area contributed by atoms with Crippen LogP contribution in [0.15, 0.2) is 18.3 Å². The molecule has 0 spiro atoms. The molecular formula is C14H23N3O. The fourth-order valence-electron chi connectivity index (χ4n) is 2.32. The minimum Gasteiger partial charge on any atom is -0.396 e. The summed E-state index contributed by atoms with van der Waals surface area (Å²) >= 11 is 0. The van der Waals surface area contributed by atoms with Gasteiger partial charge in [0.2, 0.25) is 0 Å². The molecule has 1 aliphatic carbocycles. The maximum Gasteiger partial charge on any atom is 0.125 e. The van der Waals surface area contributed by atoms with Gasteiger partial charge in [-0.25, -0.2) is 4.98 Å². The molecule has 1 fully saturated rings. The molecule has 0 atom stereocenters. The molecule has 0 saturated heterocycles. The number of nitrogens with one attached hydrogen (secondary N) is 1. The predicted octanol–water partition coefficient (Wildman–Crippen LogP) is 1.86. The minimum atomic E-state index is 0.278. The van der Waals surface area contributed by atoms with Crippen molar-refractivity contribution in [2.24, 2.45) is 0 Å². The third-order valence-electron chi connectivity index (χ3n) is 3.66. The number of pyridine rings is 1. The Kier molecular flexibility index (Phi) is 4.96. The van der Waals surface area contributed by atoms with Gasteiger partial charge >= 0.3 is 0 Å². The molecule has 0 aliphatic heterocycles. The minimum absolute atomic E-state index is 0.278. The maximum absolute atomic E-state index is 8.97. The Bertz CT molecular complexity index is 349. The lowest BCUT2D eigenvalue weighted by molar-refractivity contribution is 0.109. The van der Waals surface area contributed by atoms with E-state index in [1.165, 1.54) is 24.8 Å². The number of nitrogens with zero attached hydrogens (tertiary/aromatic N) is 2. The van der Waals surface area contributed by atoms with Crippen LogP contribution in [0, 0.1) is 0 Å². The lowest BCUT2D eigenvalue weighted by atomic mass is 9.91. The van der Waals surface area contributed by atoms with E-state index in [1.807, 2.05) is 19.3 Å². The maximum atomic E-state index is 8.97. The summed E-state index contributed by atoms with van der Waals surface area (Å²) in [6.45, 7) is 2.21. The first-order chi connectivity index (χ1) is 8.83. The van der Waals surface area contributed by atoms with E-state index >= 15 is 0 Å². The standard InChI is InChI=1S/C14H23N3O/c1-15-14-7-6-12(10-16-14)11-17(8-3-9-18)13-4-2-5-13/h6-7,10,13,18H,2-5,8-9,11H2,1H3,(H,15,16). The fourth-order valence-corrected chi connectivity index (χ4v) is 2.32. The second-order valence-electron chi connectivity index (χ2n) is 4.93. The van der Waals surface area contributed by atoms with Gasteiger partial charge in [-0.1, -0.05) is 12.5 Å². The van der Waals surface area contributed by atoms with Crippen LogP contribution in [0.5, 0.6) is 0 Å². The summed E-state index contributed by atoms with van der Waals surface area (Å²) in [5.41, 5.74) is 1.25. The van der Waals surface area contributed by atoms with Gasteiger partial charge in [0.25, 0.3) is 0 Å². The number of hydrogen-bond acceptors (Lipinski definition) is 4. The molecule has 4 nitrogen and oxygen atoms in total. The predicted molar refractivity (Wildman–Crippen MR) is 73.5 cm³/mol. The van der Waals surface area contributed by atoms with E-state index in [0.29, 0.717) is 6.04 Å². The zero-order chi connectivity index (χ0) is 12.8. The molecule has 4 heteroatoms. The van der Waals surface area contributed by atoms with Gasteiger partial charge in [-0.3, -0.25) is 4.90 Å². The number of anilines is 1. The third kappa shape index (κ3) is 3.43. The van der Waals surface area contributed by atoms with E-state index in [0.717, 1.165) is 25.3 Å². The first kappa shape index (κ1) is 13.3. The van der Waals surface area contributed by atoms with Crippen LogP contribution in [-0.4, -0.2) is 41.2 Å². The van der Waals surface area contributed by atoms with Crippen molar-refractivity contribution in [3.8, 4) is 0 Å². The number of aliphatic hydroxyl groups excluding tert-OH is 1. The Hall–Kier alpha value is -1.13. The highest BCUT2D eigenvalue weighted by atomic mass is 16.3. The SMILES string of the molecule is CNc1ccc(CN(CCCO)C2CCC2)cn1. The summed E-state index contributed by atoms with van der Waals surface area (Å²) in [5.74, 6) is 0.907. The van der Waals surface area contributed by atoms with E-state index in [2.05, 4.69) is 21.3 Å². The third-order valence-corrected chi connectivity index (χ3v) is 3.66. The molecule has 1 aliphatic rings. The second kappa shape index (κ2) is 6.71. The van der Waals surface area contributed by atoms with E-state index in [4.69, 9.17) is 5.11 Å². The first-order valence-corrected chi connectivity index (χ1v) is 6.81. The zero-order valence-corrected chi connectivity index (χ0v) is 11.1. The monoisotopic (exact) mass is 249 g/mol. The molecule has 0 aromatic carbocycles. The highest BCUT2D eigenvalue weighted by Crippen LogP contribution is 2.26. The van der Waals surface area contributed by atoms with E-state index in [9.17, 15) is 0 Å². The zero-order valence-electron chi connectivity index (χ0n) is 11.1. The van der Waals surface area contributed by atoms with Crippen molar-refractivity contribution in [2.45, 2.75) is 38.3 Å². The molecule has 2 N–H and O–H groups in total. The number of hydrogen-bond donors (Lipinski definition) is 2. The van der Waals surface area contributed by atoms with Gasteiger partial charge in [0.1, 0.15) is 5.82 Å². The highest BCUT2D eigenvalue weighted by molar-refractivity contribution is 5.34. The van der Waals surface area contributed by atoms with E-state index in [-0.39, 0.29) is 6.61 Å². The summed E-state index contributed by atoms with van der Waals surface area (Å²) < 4.78 is 0. The molecule has 1 heterocycles. The molecule has 1 aromatic rings. The lowest BCUT2D eigenvalue weighted by Crippen LogP contribution is -2.40. The van der Waals surface area contributed by atoms with Crippen LogP contribution in [-0.2, 0) is 6.54 Å². The number of aliphatic hydroxyl groups is 1. The Balaban J connectivity index is 1.93. The summed E-state index contributed by atoms with van der Waals surface area (Å²) in [7, 11) is 1.88. The van der Waals surface area contributed by atoms with Gasteiger partial charge < -0.3 is 10.4 Å². The average Bonchev–Trinajstić information content (AvgIpc) is 2.34. The molecule has 2 rings (SSSR count). The molecule has 0 unspecified atom stereocenters. The molecule has 18 heavy (non-hydrogen) atoms. The Morgan fingerprint density at radius 3 is 2.78 bits per heavy atom. The number of rotatable bonds is 7. The molecular weight excluding hydrogens is 226 g/mol. The smallest absolute Gasteiger partial charge is 0.125 e. The van der Waals surface area contributed by atoms with Crippen LogP contribution < -0.4 is 5.32 Å². The Morgan fingerprint density at radius 2 is 2.28 bits per heavy atom. The Morgan fingerprint density at radius 1 is 1.44 bits per heavy atom. The quantitative estimate of drug-likeness (QED) is 0.774. The van der Waals surface area contributed by atoms with Crippen LogP contribution in [0.25, 0.3) is 0 Å². The largest absolute Gasteiger partial charge is 0.396 e. The van der Waals surface area contributed by atoms with Crippen molar-refractivity contribution in [2.75, 3.05) is 25.5 Å². The van der Waals surface area contributed by atoms with Crippen molar-refractivity contribution < 1.29 is 5.11 Å². The lowest BCUT2D eigenvalue weighted by Gasteiger charge is -2.37. The van der Waals surface area contributed by atoms with Crippen LogP contribution in [0.2, 0.25) is 0 Å². The van der Waals surface area contributed by atoms with Crippen LogP contribution in [0.4, 0.5) is 5.82 Å². The summed E-state index contributed by atoms with van der Waals surface area (Å²) in [5, 5.41) is 12.0. The summed E-state index contributed by atoms with van der Waals surface area (Å²) in [4.78, 5) is 6.83. The summed E-state index contributed by atoms with van der Waals surface area (Å²) in [6, 6.07) is 4.85. The molecule has 0 radical (unpaired) electrons. The Labute approximate surface area is 109 Å². The van der Waals surface area contributed by atoms with Gasteiger partial charge in [-0.2, -0.15) is 0 Å². The van der Waals surface area contributed by atoms with Gasteiger partial charge in [-0.15, -0.1) is 0 Å².